The highest BCUT2D eigenvalue weighted by atomic mass is 35.5. The molecule has 9 heteroatoms. The number of methoxy groups -OCH3 is 1. The maximum atomic E-state index is 13.4. The standard InChI is InChI=1S/C24H23ClN2O5S/c1-16(19-10-6-7-11-21(19)31-2)26-24(28)23-15-27(20-14-17(25)12-13-22(20)32-23)33(29,30)18-8-4-3-5-9-18/h3-14,16,23H,15H2,1-2H3,(H,26,28)/t16-,23-/m0/s1. The number of rotatable bonds is 6. The maximum Gasteiger partial charge on any atom is 0.264 e. The normalized spacial score (nSPS) is 16.3. The summed E-state index contributed by atoms with van der Waals surface area (Å²) >= 11 is 6.13. The van der Waals surface area contributed by atoms with Crippen LogP contribution in [-0.2, 0) is 14.8 Å². The third-order valence-corrected chi connectivity index (χ3v) is 7.41. The summed E-state index contributed by atoms with van der Waals surface area (Å²) < 4.78 is 39.3. The van der Waals surface area contributed by atoms with Gasteiger partial charge in [-0.3, -0.25) is 9.10 Å². The van der Waals surface area contributed by atoms with E-state index < -0.39 is 22.0 Å². The first-order chi connectivity index (χ1) is 15.8. The molecule has 7 nitrogen and oxygen atoms in total. The predicted octanol–water partition coefficient (Wildman–Crippen LogP) is 4.18. The lowest BCUT2D eigenvalue weighted by Crippen LogP contribution is -2.51. The Kier molecular flexibility index (Phi) is 6.49. The topological polar surface area (TPSA) is 84.9 Å². The summed E-state index contributed by atoms with van der Waals surface area (Å²) in [6.45, 7) is 1.62. The lowest BCUT2D eigenvalue weighted by molar-refractivity contribution is -0.128. The molecule has 1 aliphatic rings. The Hall–Kier alpha value is -3.23. The molecular formula is C24H23ClN2O5S. The zero-order chi connectivity index (χ0) is 23.6. The van der Waals surface area contributed by atoms with Crippen LogP contribution in [0.1, 0.15) is 18.5 Å². The van der Waals surface area contributed by atoms with Gasteiger partial charge in [0.25, 0.3) is 15.9 Å². The average molecular weight is 487 g/mol. The second kappa shape index (κ2) is 9.33. The van der Waals surface area contributed by atoms with E-state index in [0.717, 1.165) is 5.56 Å². The van der Waals surface area contributed by atoms with Crippen molar-refractivity contribution in [3.05, 3.63) is 83.4 Å². The molecule has 1 heterocycles. The van der Waals surface area contributed by atoms with Crippen LogP contribution in [-0.4, -0.2) is 34.1 Å². The number of anilines is 1. The number of hydrogen-bond acceptors (Lipinski definition) is 5. The van der Waals surface area contributed by atoms with Crippen molar-refractivity contribution in [1.29, 1.82) is 0 Å². The van der Waals surface area contributed by atoms with E-state index in [9.17, 15) is 13.2 Å². The number of nitrogens with zero attached hydrogens (tertiary/aromatic N) is 1. The summed E-state index contributed by atoms with van der Waals surface area (Å²) in [5, 5.41) is 3.26. The maximum absolute atomic E-state index is 13.4. The van der Waals surface area contributed by atoms with Gasteiger partial charge >= 0.3 is 0 Å². The van der Waals surface area contributed by atoms with Gasteiger partial charge in [0.05, 0.1) is 30.3 Å². The van der Waals surface area contributed by atoms with Crippen LogP contribution in [0.2, 0.25) is 5.02 Å². The fourth-order valence-electron chi connectivity index (χ4n) is 3.72. The lowest BCUT2D eigenvalue weighted by Gasteiger charge is -2.35. The van der Waals surface area contributed by atoms with Crippen molar-refractivity contribution in [2.24, 2.45) is 0 Å². The number of sulfonamides is 1. The Morgan fingerprint density at radius 2 is 1.82 bits per heavy atom. The number of fused-ring (bicyclic) bond motifs is 1. The van der Waals surface area contributed by atoms with Gasteiger partial charge in [0.15, 0.2) is 6.10 Å². The Bertz CT molecular complexity index is 1270. The SMILES string of the molecule is COc1ccccc1[C@H](C)NC(=O)[C@@H]1CN(S(=O)(=O)c2ccccc2)c2cc(Cl)ccc2O1. The molecule has 1 amide bonds. The van der Waals surface area contributed by atoms with Gasteiger partial charge in [0.1, 0.15) is 11.5 Å². The van der Waals surface area contributed by atoms with Gasteiger partial charge < -0.3 is 14.8 Å². The van der Waals surface area contributed by atoms with Gasteiger partial charge in [-0.25, -0.2) is 8.42 Å². The Morgan fingerprint density at radius 3 is 2.55 bits per heavy atom. The number of hydrogen-bond donors (Lipinski definition) is 1. The first-order valence-corrected chi connectivity index (χ1v) is 12.1. The summed E-state index contributed by atoms with van der Waals surface area (Å²) in [4.78, 5) is 13.3. The number of halogens is 1. The number of amides is 1. The van der Waals surface area contributed by atoms with Crippen molar-refractivity contribution in [2.75, 3.05) is 18.0 Å². The minimum absolute atomic E-state index is 0.111. The smallest absolute Gasteiger partial charge is 0.264 e. The predicted molar refractivity (Wildman–Crippen MR) is 126 cm³/mol. The molecule has 172 valence electrons. The van der Waals surface area contributed by atoms with Crippen LogP contribution in [0.15, 0.2) is 77.7 Å². The zero-order valence-electron chi connectivity index (χ0n) is 18.1. The molecule has 3 aromatic carbocycles. The highest BCUT2D eigenvalue weighted by Crippen LogP contribution is 2.39. The van der Waals surface area contributed by atoms with Gasteiger partial charge in [-0.2, -0.15) is 0 Å². The fraction of sp³-hybridized carbons (Fsp3) is 0.208. The molecule has 0 unspecified atom stereocenters. The molecule has 0 saturated heterocycles. The van der Waals surface area contributed by atoms with Crippen LogP contribution in [0.5, 0.6) is 11.5 Å². The molecule has 0 aromatic heterocycles. The first-order valence-electron chi connectivity index (χ1n) is 10.3. The molecular weight excluding hydrogens is 464 g/mol. The van der Waals surface area contributed by atoms with E-state index >= 15 is 0 Å². The molecule has 33 heavy (non-hydrogen) atoms. The highest BCUT2D eigenvalue weighted by molar-refractivity contribution is 7.92. The number of nitrogens with one attached hydrogen (secondary N) is 1. The van der Waals surface area contributed by atoms with Crippen molar-refractivity contribution in [3.8, 4) is 11.5 Å². The third kappa shape index (κ3) is 4.62. The van der Waals surface area contributed by atoms with Crippen LogP contribution in [0.25, 0.3) is 0 Å². The minimum Gasteiger partial charge on any atom is -0.496 e. The van der Waals surface area contributed by atoms with Crippen LogP contribution in [0.4, 0.5) is 5.69 Å². The molecule has 0 saturated carbocycles. The van der Waals surface area contributed by atoms with Crippen molar-refractivity contribution >= 4 is 33.2 Å². The minimum atomic E-state index is -3.96. The number of carbonyl (C=O) groups is 1. The molecule has 0 spiro atoms. The summed E-state index contributed by atoms with van der Waals surface area (Å²) in [5.74, 6) is 0.459. The van der Waals surface area contributed by atoms with Gasteiger partial charge in [-0.15, -0.1) is 0 Å². The monoisotopic (exact) mass is 486 g/mol. The van der Waals surface area contributed by atoms with Crippen LogP contribution in [0, 0.1) is 0 Å². The van der Waals surface area contributed by atoms with Crippen molar-refractivity contribution in [1.82, 2.24) is 5.32 Å². The van der Waals surface area contributed by atoms with Gasteiger partial charge in [0, 0.05) is 10.6 Å². The summed E-state index contributed by atoms with van der Waals surface area (Å²) in [6, 6.07) is 19.7. The van der Waals surface area contributed by atoms with Gasteiger partial charge in [-0.1, -0.05) is 48.0 Å². The van der Waals surface area contributed by atoms with E-state index in [2.05, 4.69) is 5.32 Å². The van der Waals surface area contributed by atoms with Crippen LogP contribution < -0.4 is 19.1 Å². The molecule has 0 fully saturated rings. The van der Waals surface area contributed by atoms with Gasteiger partial charge in [-0.05, 0) is 43.3 Å². The van der Waals surface area contributed by atoms with Crippen molar-refractivity contribution in [2.45, 2.75) is 24.0 Å². The fourth-order valence-corrected chi connectivity index (χ4v) is 5.37. The summed E-state index contributed by atoms with van der Waals surface area (Å²) in [6.07, 6.45) is -1.06. The summed E-state index contributed by atoms with van der Waals surface area (Å²) in [7, 11) is -2.39. The van der Waals surface area contributed by atoms with Crippen molar-refractivity contribution < 1.29 is 22.7 Å². The number of carbonyl (C=O) groups excluding carboxylic acids is 1. The van der Waals surface area contributed by atoms with E-state index in [1.165, 1.54) is 22.5 Å². The van der Waals surface area contributed by atoms with E-state index in [4.69, 9.17) is 21.1 Å². The van der Waals surface area contributed by atoms with Gasteiger partial charge in [0.2, 0.25) is 0 Å². The molecule has 2 atom stereocenters. The molecule has 4 rings (SSSR count). The Labute approximate surface area is 197 Å². The third-order valence-electron chi connectivity index (χ3n) is 5.38. The second-order valence-electron chi connectivity index (χ2n) is 7.54. The Morgan fingerprint density at radius 1 is 1.12 bits per heavy atom. The lowest BCUT2D eigenvalue weighted by atomic mass is 10.1. The first kappa shape index (κ1) is 22.9. The molecule has 0 bridgehead atoms. The van der Waals surface area contributed by atoms with E-state index in [1.807, 2.05) is 31.2 Å². The largest absolute Gasteiger partial charge is 0.496 e. The zero-order valence-corrected chi connectivity index (χ0v) is 19.6. The highest BCUT2D eigenvalue weighted by Gasteiger charge is 2.38. The summed E-state index contributed by atoms with van der Waals surface area (Å²) in [5.41, 5.74) is 1.08. The van der Waals surface area contributed by atoms with Crippen LogP contribution in [0.3, 0.4) is 0 Å². The van der Waals surface area contributed by atoms with Crippen LogP contribution >= 0.6 is 11.6 Å². The molecule has 3 aromatic rings. The molecule has 1 aliphatic heterocycles. The number of ether oxygens (including phenoxy) is 2. The quantitative estimate of drug-likeness (QED) is 0.565. The molecule has 1 N–H and O–H groups in total. The van der Waals surface area contributed by atoms with E-state index in [0.29, 0.717) is 10.8 Å². The second-order valence-corrected chi connectivity index (χ2v) is 9.84. The van der Waals surface area contributed by atoms with E-state index in [-0.39, 0.29) is 28.9 Å². The molecule has 0 radical (unpaired) electrons. The molecule has 0 aliphatic carbocycles. The average Bonchev–Trinajstić information content (AvgIpc) is 2.83. The Balaban J connectivity index is 1.64. The number of benzene rings is 3. The number of para-hydroxylation sites is 1. The van der Waals surface area contributed by atoms with E-state index in [1.54, 1.807) is 37.4 Å². The van der Waals surface area contributed by atoms with Crippen molar-refractivity contribution in [3.63, 3.8) is 0 Å².